The predicted octanol–water partition coefficient (Wildman–Crippen LogP) is 3.79. The van der Waals surface area contributed by atoms with Gasteiger partial charge in [0.1, 0.15) is 5.00 Å². The van der Waals surface area contributed by atoms with Gasteiger partial charge in [0.2, 0.25) is 5.91 Å². The highest BCUT2D eigenvalue weighted by atomic mass is 32.1. The summed E-state index contributed by atoms with van der Waals surface area (Å²) in [7, 11) is 0. The number of rotatable bonds is 7. The van der Waals surface area contributed by atoms with Crippen molar-refractivity contribution in [3.05, 3.63) is 51.9 Å². The number of benzene rings is 1. The molecule has 0 aliphatic rings. The molecule has 2 N–H and O–H groups in total. The molecule has 0 radical (unpaired) electrons. The molecule has 1 aromatic carbocycles. The van der Waals surface area contributed by atoms with Crippen molar-refractivity contribution in [2.75, 3.05) is 11.9 Å². The van der Waals surface area contributed by atoms with Gasteiger partial charge in [0.05, 0.1) is 5.56 Å². The van der Waals surface area contributed by atoms with Crippen LogP contribution in [0.4, 0.5) is 5.00 Å². The molecule has 2 amide bonds. The van der Waals surface area contributed by atoms with Gasteiger partial charge in [-0.2, -0.15) is 0 Å². The van der Waals surface area contributed by atoms with E-state index < -0.39 is 12.1 Å². The first-order valence-electron chi connectivity index (χ1n) is 9.11. The molecule has 28 heavy (non-hydrogen) atoms. The van der Waals surface area contributed by atoms with Crippen LogP contribution in [0.5, 0.6) is 0 Å². The van der Waals surface area contributed by atoms with E-state index in [9.17, 15) is 14.4 Å². The molecule has 2 atom stereocenters. The van der Waals surface area contributed by atoms with Crippen LogP contribution in [0.1, 0.15) is 53.1 Å². The van der Waals surface area contributed by atoms with Gasteiger partial charge in [0, 0.05) is 18.3 Å². The molecule has 6 nitrogen and oxygen atoms in total. The molecule has 0 bridgehead atoms. The molecular weight excluding hydrogens is 376 g/mol. The first kappa shape index (κ1) is 21.6. The van der Waals surface area contributed by atoms with E-state index >= 15 is 0 Å². The zero-order chi connectivity index (χ0) is 20.8. The predicted molar refractivity (Wildman–Crippen MR) is 111 cm³/mol. The fourth-order valence-corrected chi connectivity index (χ4v) is 3.79. The van der Waals surface area contributed by atoms with E-state index in [0.717, 1.165) is 16.0 Å². The number of esters is 1. The number of carbonyl (C=O) groups is 3. The molecule has 0 unspecified atom stereocenters. The highest BCUT2D eigenvalue weighted by Gasteiger charge is 2.25. The summed E-state index contributed by atoms with van der Waals surface area (Å²) in [5, 5.41) is 5.92. The van der Waals surface area contributed by atoms with Crippen molar-refractivity contribution >= 4 is 34.1 Å². The van der Waals surface area contributed by atoms with Crippen molar-refractivity contribution in [2.45, 2.75) is 46.6 Å². The Morgan fingerprint density at radius 3 is 2.36 bits per heavy atom. The van der Waals surface area contributed by atoms with Crippen molar-refractivity contribution in [1.82, 2.24) is 5.32 Å². The van der Waals surface area contributed by atoms with Crippen LogP contribution in [0.15, 0.2) is 30.3 Å². The van der Waals surface area contributed by atoms with E-state index in [1.54, 1.807) is 6.92 Å². The molecule has 1 aromatic heterocycles. The van der Waals surface area contributed by atoms with Crippen LogP contribution >= 0.6 is 11.3 Å². The molecule has 0 aliphatic heterocycles. The number of ether oxygens (including phenoxy) is 1. The second-order valence-corrected chi connectivity index (χ2v) is 8.00. The third-order valence-corrected chi connectivity index (χ3v) is 5.61. The third kappa shape index (κ3) is 5.42. The molecule has 2 rings (SSSR count). The fraction of sp³-hybridized carbons (Fsp3) is 0.381. The number of hydrogen-bond acceptors (Lipinski definition) is 5. The lowest BCUT2D eigenvalue weighted by molar-refractivity contribution is -0.129. The zero-order valence-electron chi connectivity index (χ0n) is 16.8. The number of carbonyl (C=O) groups excluding carboxylic acids is 3. The summed E-state index contributed by atoms with van der Waals surface area (Å²) < 4.78 is 5.36. The summed E-state index contributed by atoms with van der Waals surface area (Å²) >= 11 is 1.31. The van der Waals surface area contributed by atoms with Crippen molar-refractivity contribution < 1.29 is 19.1 Å². The quantitative estimate of drug-likeness (QED) is 0.690. The SMILES string of the molecule is CC(=O)Nc1sc(C)c(C)c1C(=O)O[C@@H](C)C(=O)NC[C@H](C)c1ccccc1. The van der Waals surface area contributed by atoms with Crippen molar-refractivity contribution in [2.24, 2.45) is 0 Å². The van der Waals surface area contributed by atoms with E-state index in [1.165, 1.54) is 25.2 Å². The van der Waals surface area contributed by atoms with Crippen molar-refractivity contribution in [3.8, 4) is 0 Å². The highest BCUT2D eigenvalue weighted by molar-refractivity contribution is 7.16. The van der Waals surface area contributed by atoms with Gasteiger partial charge in [0.15, 0.2) is 6.10 Å². The Labute approximate surface area is 169 Å². The molecule has 0 spiro atoms. The van der Waals surface area contributed by atoms with Gasteiger partial charge in [0.25, 0.3) is 5.91 Å². The summed E-state index contributed by atoms with van der Waals surface area (Å²) in [5.41, 5.74) is 2.16. The Bertz CT molecular complexity index is 861. The maximum atomic E-state index is 12.6. The molecule has 150 valence electrons. The van der Waals surface area contributed by atoms with E-state index in [2.05, 4.69) is 10.6 Å². The molecule has 2 aromatic rings. The van der Waals surface area contributed by atoms with Crippen LogP contribution in [0.2, 0.25) is 0 Å². The summed E-state index contributed by atoms with van der Waals surface area (Å²) in [4.78, 5) is 37.2. The summed E-state index contributed by atoms with van der Waals surface area (Å²) in [6, 6.07) is 9.86. The van der Waals surface area contributed by atoms with E-state index in [0.29, 0.717) is 17.1 Å². The number of aryl methyl sites for hydroxylation is 1. The summed E-state index contributed by atoms with van der Waals surface area (Å²) in [6.07, 6.45) is -0.944. The van der Waals surface area contributed by atoms with Gasteiger partial charge in [-0.3, -0.25) is 9.59 Å². The monoisotopic (exact) mass is 402 g/mol. The Kier molecular flexibility index (Phi) is 7.34. The number of hydrogen-bond donors (Lipinski definition) is 2. The standard InChI is InChI=1S/C21H26N2O4S/c1-12(17-9-7-6-8-10-17)11-22-19(25)14(3)27-21(26)18-13(2)15(4)28-20(18)23-16(5)24/h6-10,12,14H,11H2,1-5H3,(H,22,25)(H,23,24)/t12-,14-/m0/s1. The van der Waals surface area contributed by atoms with Gasteiger partial charge < -0.3 is 15.4 Å². The van der Waals surface area contributed by atoms with Crippen LogP contribution in [0.25, 0.3) is 0 Å². The Morgan fingerprint density at radius 2 is 1.75 bits per heavy atom. The maximum Gasteiger partial charge on any atom is 0.342 e. The van der Waals surface area contributed by atoms with Gasteiger partial charge in [-0.15, -0.1) is 11.3 Å². The average molecular weight is 403 g/mol. The minimum absolute atomic E-state index is 0.140. The number of thiophene rings is 1. The third-order valence-electron chi connectivity index (χ3n) is 4.48. The normalized spacial score (nSPS) is 12.8. The van der Waals surface area contributed by atoms with Gasteiger partial charge in [-0.1, -0.05) is 37.3 Å². The van der Waals surface area contributed by atoms with Gasteiger partial charge in [-0.05, 0) is 37.8 Å². The van der Waals surface area contributed by atoms with Gasteiger partial charge >= 0.3 is 5.97 Å². The minimum Gasteiger partial charge on any atom is -0.449 e. The molecule has 0 saturated heterocycles. The lowest BCUT2D eigenvalue weighted by Crippen LogP contribution is -2.37. The largest absolute Gasteiger partial charge is 0.449 e. The maximum absolute atomic E-state index is 12.6. The second kappa shape index (κ2) is 9.50. The Hall–Kier alpha value is -2.67. The highest BCUT2D eigenvalue weighted by Crippen LogP contribution is 2.33. The smallest absolute Gasteiger partial charge is 0.342 e. The molecule has 0 fully saturated rings. The van der Waals surface area contributed by atoms with Crippen LogP contribution < -0.4 is 10.6 Å². The second-order valence-electron chi connectivity index (χ2n) is 6.77. The lowest BCUT2D eigenvalue weighted by Gasteiger charge is -2.17. The number of nitrogens with one attached hydrogen (secondary N) is 2. The first-order valence-corrected chi connectivity index (χ1v) is 9.93. The fourth-order valence-electron chi connectivity index (χ4n) is 2.69. The molecule has 0 aliphatic carbocycles. The van der Waals surface area contributed by atoms with Crippen LogP contribution in [0.3, 0.4) is 0 Å². The molecule has 7 heteroatoms. The van der Waals surface area contributed by atoms with Crippen molar-refractivity contribution in [1.29, 1.82) is 0 Å². The number of anilines is 1. The lowest BCUT2D eigenvalue weighted by atomic mass is 10.0. The van der Waals surface area contributed by atoms with Gasteiger partial charge in [-0.25, -0.2) is 4.79 Å². The summed E-state index contributed by atoms with van der Waals surface area (Å²) in [6.45, 7) is 9.03. The Morgan fingerprint density at radius 1 is 1.11 bits per heavy atom. The topological polar surface area (TPSA) is 84.5 Å². The van der Waals surface area contributed by atoms with Crippen LogP contribution in [-0.2, 0) is 14.3 Å². The Balaban J connectivity index is 1.98. The van der Waals surface area contributed by atoms with Crippen LogP contribution in [-0.4, -0.2) is 30.4 Å². The summed E-state index contributed by atoms with van der Waals surface area (Å²) in [5.74, 6) is -1.11. The van der Waals surface area contributed by atoms with E-state index in [4.69, 9.17) is 4.74 Å². The first-order chi connectivity index (χ1) is 13.2. The molecular formula is C21H26N2O4S. The van der Waals surface area contributed by atoms with E-state index in [1.807, 2.05) is 44.2 Å². The van der Waals surface area contributed by atoms with Crippen molar-refractivity contribution in [3.63, 3.8) is 0 Å². The minimum atomic E-state index is -0.944. The number of amides is 2. The van der Waals surface area contributed by atoms with E-state index in [-0.39, 0.29) is 17.7 Å². The van der Waals surface area contributed by atoms with Crippen LogP contribution in [0, 0.1) is 13.8 Å². The average Bonchev–Trinajstić information content (AvgIpc) is 2.92. The zero-order valence-corrected chi connectivity index (χ0v) is 17.6. The molecule has 0 saturated carbocycles. The molecule has 1 heterocycles.